The Kier molecular flexibility index (Phi) is 6.65. The van der Waals surface area contributed by atoms with Crippen molar-refractivity contribution >= 4 is 23.5 Å². The first kappa shape index (κ1) is 22.8. The normalized spacial score (nSPS) is 11.5. The van der Waals surface area contributed by atoms with Gasteiger partial charge in [0.2, 0.25) is 5.91 Å². The van der Waals surface area contributed by atoms with Crippen LogP contribution in [0.2, 0.25) is 0 Å². The van der Waals surface area contributed by atoms with Gasteiger partial charge in [0.15, 0.2) is 11.0 Å². The molecule has 0 aliphatic heterocycles. The molecule has 2 aromatic heterocycles. The highest BCUT2D eigenvalue weighted by molar-refractivity contribution is 7.99. The van der Waals surface area contributed by atoms with Gasteiger partial charge in [-0.3, -0.25) is 4.79 Å². The van der Waals surface area contributed by atoms with E-state index in [-0.39, 0.29) is 17.1 Å². The summed E-state index contributed by atoms with van der Waals surface area (Å²) in [7, 11) is 0. The minimum Gasteiger partial charge on any atom is -0.310 e. The maximum absolute atomic E-state index is 12.9. The second-order valence-corrected chi connectivity index (χ2v) is 9.61. The smallest absolute Gasteiger partial charge is 0.236 e. The number of nitrogens with zero attached hydrogens (tertiary/aromatic N) is 5. The fourth-order valence-electron chi connectivity index (χ4n) is 3.39. The molecule has 2 aromatic carbocycles. The van der Waals surface area contributed by atoms with Crippen molar-refractivity contribution in [3.63, 3.8) is 0 Å². The number of nitrogens with one attached hydrogen (secondary N) is 1. The Bertz CT molecular complexity index is 1230. The van der Waals surface area contributed by atoms with Crippen LogP contribution in [0.1, 0.15) is 33.4 Å². The Labute approximate surface area is 198 Å². The number of carbonyl (C=O) groups excluding carboxylic acids is 1. The number of benzene rings is 2. The van der Waals surface area contributed by atoms with Crippen molar-refractivity contribution in [1.82, 2.24) is 24.5 Å². The first-order valence-corrected chi connectivity index (χ1v) is 11.9. The molecule has 4 rings (SSSR count). The van der Waals surface area contributed by atoms with Crippen molar-refractivity contribution in [3.8, 4) is 17.1 Å². The van der Waals surface area contributed by atoms with Crippen LogP contribution in [-0.2, 0) is 16.8 Å². The van der Waals surface area contributed by atoms with E-state index < -0.39 is 0 Å². The molecule has 0 radical (unpaired) electrons. The average Bonchev–Trinajstić information content (AvgIpc) is 3.43. The number of hydrogen-bond donors (Lipinski definition) is 1. The lowest BCUT2D eigenvalue weighted by Crippen LogP contribution is -2.17. The summed E-state index contributed by atoms with van der Waals surface area (Å²) in [6.07, 6.45) is 0. The third kappa shape index (κ3) is 5.17. The predicted molar refractivity (Wildman–Crippen MR) is 133 cm³/mol. The lowest BCUT2D eigenvalue weighted by atomic mass is 9.92. The standard InChI is InChI=1S/C25H28N6OS/c1-5-30-23(18-12-8-6-9-13-18)27-28-24(30)33-17-22(32)26-21-16-20(25(2,3)4)29-31(21)19-14-10-7-11-15-19/h6-16H,5,17H2,1-4H3,(H,26,32). The highest BCUT2D eigenvalue weighted by atomic mass is 32.2. The molecule has 0 saturated carbocycles. The maximum atomic E-state index is 12.9. The molecule has 4 aromatic rings. The van der Waals surface area contributed by atoms with Gasteiger partial charge in [-0.15, -0.1) is 10.2 Å². The molecule has 0 fully saturated rings. The van der Waals surface area contributed by atoms with E-state index in [0.29, 0.717) is 5.82 Å². The largest absolute Gasteiger partial charge is 0.310 e. The second kappa shape index (κ2) is 9.62. The van der Waals surface area contributed by atoms with E-state index in [9.17, 15) is 4.79 Å². The molecular weight excluding hydrogens is 432 g/mol. The van der Waals surface area contributed by atoms with Crippen molar-refractivity contribution in [3.05, 3.63) is 72.4 Å². The SMILES string of the molecule is CCn1c(SCC(=O)Nc2cc(C(C)(C)C)nn2-c2ccccc2)nnc1-c1ccccc1. The molecule has 0 aliphatic carbocycles. The van der Waals surface area contributed by atoms with Gasteiger partial charge in [0.05, 0.1) is 17.1 Å². The molecule has 8 heteroatoms. The van der Waals surface area contributed by atoms with E-state index >= 15 is 0 Å². The third-order valence-electron chi connectivity index (χ3n) is 5.14. The molecule has 0 saturated heterocycles. The molecule has 0 aliphatic rings. The summed E-state index contributed by atoms with van der Waals surface area (Å²) in [5.74, 6) is 1.55. The van der Waals surface area contributed by atoms with Gasteiger partial charge in [-0.1, -0.05) is 81.1 Å². The fourth-order valence-corrected chi connectivity index (χ4v) is 4.20. The van der Waals surface area contributed by atoms with Gasteiger partial charge in [0, 0.05) is 23.6 Å². The predicted octanol–water partition coefficient (Wildman–Crippen LogP) is 5.18. The van der Waals surface area contributed by atoms with Crippen LogP contribution < -0.4 is 5.32 Å². The van der Waals surface area contributed by atoms with Crippen LogP contribution in [0.15, 0.2) is 71.9 Å². The summed E-state index contributed by atoms with van der Waals surface area (Å²) in [5, 5.41) is 17.2. The number of thioether (sulfide) groups is 1. The number of aromatic nitrogens is 5. The molecule has 0 atom stereocenters. The van der Waals surface area contributed by atoms with Crippen molar-refractivity contribution in [2.75, 3.05) is 11.1 Å². The number of para-hydroxylation sites is 1. The van der Waals surface area contributed by atoms with E-state index in [1.165, 1.54) is 11.8 Å². The van der Waals surface area contributed by atoms with E-state index in [1.807, 2.05) is 78.2 Å². The van der Waals surface area contributed by atoms with Gasteiger partial charge in [-0.25, -0.2) is 4.68 Å². The van der Waals surface area contributed by atoms with E-state index in [1.54, 1.807) is 4.68 Å². The van der Waals surface area contributed by atoms with Crippen LogP contribution in [0.3, 0.4) is 0 Å². The number of anilines is 1. The van der Waals surface area contributed by atoms with E-state index in [2.05, 4.69) is 36.3 Å². The molecule has 1 amide bonds. The Morgan fingerprint density at radius 3 is 2.30 bits per heavy atom. The van der Waals surface area contributed by atoms with E-state index in [4.69, 9.17) is 5.10 Å². The number of hydrogen-bond acceptors (Lipinski definition) is 5. The second-order valence-electron chi connectivity index (χ2n) is 8.67. The zero-order valence-corrected chi connectivity index (χ0v) is 20.1. The Balaban J connectivity index is 1.51. The highest BCUT2D eigenvalue weighted by Gasteiger charge is 2.22. The van der Waals surface area contributed by atoms with Crippen LogP contribution in [0.4, 0.5) is 5.82 Å². The number of amides is 1. The van der Waals surface area contributed by atoms with Crippen molar-refractivity contribution < 1.29 is 4.79 Å². The molecule has 0 spiro atoms. The minimum atomic E-state index is -0.139. The molecule has 7 nitrogen and oxygen atoms in total. The molecule has 2 heterocycles. The summed E-state index contributed by atoms with van der Waals surface area (Å²) in [6, 6.07) is 21.7. The summed E-state index contributed by atoms with van der Waals surface area (Å²) in [4.78, 5) is 12.9. The summed E-state index contributed by atoms with van der Waals surface area (Å²) >= 11 is 1.38. The summed E-state index contributed by atoms with van der Waals surface area (Å²) in [6.45, 7) is 9.08. The van der Waals surface area contributed by atoms with Crippen LogP contribution in [0, 0.1) is 0 Å². The first-order chi connectivity index (χ1) is 15.9. The average molecular weight is 461 g/mol. The lowest BCUT2D eigenvalue weighted by Gasteiger charge is -2.14. The topological polar surface area (TPSA) is 77.6 Å². The van der Waals surface area contributed by atoms with Gasteiger partial charge in [-0.2, -0.15) is 5.10 Å². The third-order valence-corrected chi connectivity index (χ3v) is 6.11. The monoisotopic (exact) mass is 460 g/mol. The van der Waals surface area contributed by atoms with Crippen molar-refractivity contribution in [2.45, 2.75) is 44.8 Å². The Morgan fingerprint density at radius 1 is 1.00 bits per heavy atom. The highest BCUT2D eigenvalue weighted by Crippen LogP contribution is 2.27. The van der Waals surface area contributed by atoms with Crippen molar-refractivity contribution in [1.29, 1.82) is 0 Å². The minimum absolute atomic E-state index is 0.121. The van der Waals surface area contributed by atoms with Crippen LogP contribution in [0.5, 0.6) is 0 Å². The zero-order chi connectivity index (χ0) is 23.4. The quantitative estimate of drug-likeness (QED) is 0.385. The molecular formula is C25H28N6OS. The Morgan fingerprint density at radius 2 is 1.67 bits per heavy atom. The van der Waals surface area contributed by atoms with Crippen LogP contribution >= 0.6 is 11.8 Å². The summed E-state index contributed by atoms with van der Waals surface area (Å²) < 4.78 is 3.81. The van der Waals surface area contributed by atoms with E-state index in [0.717, 1.165) is 34.5 Å². The molecule has 33 heavy (non-hydrogen) atoms. The zero-order valence-electron chi connectivity index (χ0n) is 19.3. The number of carbonyl (C=O) groups is 1. The number of rotatable bonds is 7. The summed E-state index contributed by atoms with van der Waals surface area (Å²) in [5.41, 5.74) is 2.67. The van der Waals surface area contributed by atoms with Crippen LogP contribution in [0.25, 0.3) is 17.1 Å². The van der Waals surface area contributed by atoms with Gasteiger partial charge in [0.1, 0.15) is 5.82 Å². The van der Waals surface area contributed by atoms with Gasteiger partial charge in [0.25, 0.3) is 0 Å². The van der Waals surface area contributed by atoms with Gasteiger partial charge >= 0.3 is 0 Å². The van der Waals surface area contributed by atoms with Crippen molar-refractivity contribution in [2.24, 2.45) is 0 Å². The maximum Gasteiger partial charge on any atom is 0.236 e. The van der Waals surface area contributed by atoms with Gasteiger partial charge < -0.3 is 9.88 Å². The molecule has 0 unspecified atom stereocenters. The molecule has 170 valence electrons. The van der Waals surface area contributed by atoms with Crippen LogP contribution in [-0.4, -0.2) is 36.2 Å². The lowest BCUT2D eigenvalue weighted by molar-refractivity contribution is -0.113. The first-order valence-electron chi connectivity index (χ1n) is 10.9. The fraction of sp³-hybridized carbons (Fsp3) is 0.280. The van der Waals surface area contributed by atoms with Gasteiger partial charge in [-0.05, 0) is 19.1 Å². The Hall–Kier alpha value is -3.39. The molecule has 0 bridgehead atoms. The molecule has 1 N–H and O–H groups in total.